The molecule has 0 aliphatic carbocycles. The van der Waals surface area contributed by atoms with Crippen molar-refractivity contribution < 1.29 is 19.1 Å². The number of aromatic nitrogens is 1. The van der Waals surface area contributed by atoms with Gasteiger partial charge in [-0.05, 0) is 23.6 Å². The highest BCUT2D eigenvalue weighted by molar-refractivity contribution is 8.01. The number of hydrogen-bond acceptors (Lipinski definition) is 8. The number of anilines is 1. The van der Waals surface area contributed by atoms with Crippen LogP contribution >= 0.6 is 34.4 Å². The first-order valence-electron chi connectivity index (χ1n) is 8.51. The van der Waals surface area contributed by atoms with Gasteiger partial charge in [-0.3, -0.25) is 9.59 Å². The van der Waals surface area contributed by atoms with Crippen LogP contribution in [-0.2, 0) is 11.2 Å². The number of fused-ring (bicyclic) bond motifs is 1. The van der Waals surface area contributed by atoms with Gasteiger partial charge in [-0.1, -0.05) is 17.8 Å². The Bertz CT molecular complexity index is 985. The number of ether oxygens (including phenoxy) is 2. The van der Waals surface area contributed by atoms with E-state index >= 15 is 0 Å². The SMILES string of the molecule is O=C(Cc1csc(SCC(=O)c2cccs2)n1)Nc1ccc2c(c1)OCCO2. The van der Waals surface area contributed by atoms with Gasteiger partial charge in [0.25, 0.3) is 0 Å². The van der Waals surface area contributed by atoms with Crippen LogP contribution in [-0.4, -0.2) is 35.6 Å². The number of hydrogen-bond donors (Lipinski definition) is 1. The average Bonchev–Trinajstić information content (AvgIpc) is 3.38. The molecule has 0 saturated heterocycles. The minimum absolute atomic E-state index is 0.0908. The standard InChI is InChI=1S/C19H16N2O4S3/c22-14(17-2-1-7-26-17)11-28-19-21-13(10-27-19)9-18(23)20-12-3-4-15-16(8-12)25-6-5-24-15/h1-4,7-8,10H,5-6,9,11H2,(H,20,23). The zero-order valence-corrected chi connectivity index (χ0v) is 17.1. The lowest BCUT2D eigenvalue weighted by Crippen LogP contribution is -2.17. The lowest BCUT2D eigenvalue weighted by Gasteiger charge is -2.18. The van der Waals surface area contributed by atoms with Gasteiger partial charge in [0, 0.05) is 17.1 Å². The number of Topliss-reactive ketones (excluding diaryl/α,β-unsaturated/α-hetero) is 1. The minimum atomic E-state index is -0.159. The molecule has 0 spiro atoms. The molecule has 3 heterocycles. The van der Waals surface area contributed by atoms with E-state index in [0.29, 0.717) is 41.8 Å². The predicted octanol–water partition coefficient (Wildman–Crippen LogP) is 4.13. The van der Waals surface area contributed by atoms with E-state index in [2.05, 4.69) is 10.3 Å². The van der Waals surface area contributed by atoms with Gasteiger partial charge in [0.05, 0.1) is 22.7 Å². The third-order valence-corrected chi connectivity index (χ3v) is 6.80. The molecule has 144 valence electrons. The van der Waals surface area contributed by atoms with Gasteiger partial charge >= 0.3 is 0 Å². The van der Waals surface area contributed by atoms with Crippen LogP contribution in [0.15, 0.2) is 45.4 Å². The molecule has 1 aromatic carbocycles. The largest absolute Gasteiger partial charge is 0.486 e. The second-order valence-corrected chi connectivity index (χ2v) is 8.91. The van der Waals surface area contributed by atoms with Crippen molar-refractivity contribution in [1.82, 2.24) is 4.98 Å². The maximum absolute atomic E-state index is 12.3. The molecular weight excluding hydrogens is 416 g/mol. The summed E-state index contributed by atoms with van der Waals surface area (Å²) < 4.78 is 11.8. The summed E-state index contributed by atoms with van der Waals surface area (Å²) in [5.74, 6) is 1.59. The number of ketones is 1. The number of amides is 1. The molecule has 1 N–H and O–H groups in total. The van der Waals surface area contributed by atoms with Crippen LogP contribution in [0.3, 0.4) is 0 Å². The van der Waals surface area contributed by atoms with Crippen molar-refractivity contribution in [2.45, 2.75) is 10.8 Å². The van der Waals surface area contributed by atoms with E-state index in [4.69, 9.17) is 9.47 Å². The number of rotatable bonds is 7. The molecule has 2 aromatic heterocycles. The smallest absolute Gasteiger partial charge is 0.230 e. The van der Waals surface area contributed by atoms with E-state index in [-0.39, 0.29) is 18.1 Å². The van der Waals surface area contributed by atoms with E-state index in [1.807, 2.05) is 22.9 Å². The molecule has 1 aliphatic heterocycles. The first-order chi connectivity index (χ1) is 13.7. The van der Waals surface area contributed by atoms with Crippen LogP contribution in [0.2, 0.25) is 0 Å². The molecule has 28 heavy (non-hydrogen) atoms. The highest BCUT2D eigenvalue weighted by Gasteiger charge is 2.14. The summed E-state index contributed by atoms with van der Waals surface area (Å²) >= 11 is 4.28. The molecular formula is C19H16N2O4S3. The molecule has 4 rings (SSSR count). The monoisotopic (exact) mass is 432 g/mol. The average molecular weight is 433 g/mol. The first-order valence-corrected chi connectivity index (χ1v) is 11.3. The second-order valence-electron chi connectivity index (χ2n) is 5.88. The Hall–Kier alpha value is -2.36. The number of thioether (sulfide) groups is 1. The van der Waals surface area contributed by atoms with Crippen LogP contribution < -0.4 is 14.8 Å². The van der Waals surface area contributed by atoms with Crippen molar-refractivity contribution in [3.8, 4) is 11.5 Å². The number of thiophene rings is 1. The zero-order valence-electron chi connectivity index (χ0n) is 14.7. The Labute approximate surface area is 173 Å². The van der Waals surface area contributed by atoms with Gasteiger partial charge in [0.2, 0.25) is 5.91 Å². The van der Waals surface area contributed by atoms with Crippen LogP contribution in [0.25, 0.3) is 0 Å². The summed E-state index contributed by atoms with van der Waals surface area (Å²) in [5.41, 5.74) is 1.34. The van der Waals surface area contributed by atoms with E-state index in [1.165, 1.54) is 34.4 Å². The Morgan fingerprint density at radius 3 is 2.82 bits per heavy atom. The summed E-state index contributed by atoms with van der Waals surface area (Å²) in [7, 11) is 0. The molecule has 0 unspecified atom stereocenters. The molecule has 1 amide bonds. The molecule has 0 bridgehead atoms. The molecule has 0 saturated carbocycles. The third-order valence-electron chi connectivity index (χ3n) is 3.82. The summed E-state index contributed by atoms with van der Waals surface area (Å²) in [6, 6.07) is 9.01. The normalized spacial score (nSPS) is 12.6. The van der Waals surface area contributed by atoms with Crippen molar-refractivity contribution in [2.24, 2.45) is 0 Å². The second kappa shape index (κ2) is 8.76. The predicted molar refractivity (Wildman–Crippen MR) is 111 cm³/mol. The van der Waals surface area contributed by atoms with Crippen LogP contribution in [0, 0.1) is 0 Å². The number of carbonyl (C=O) groups is 2. The fourth-order valence-corrected chi connectivity index (χ4v) is 5.05. The third kappa shape index (κ3) is 4.73. The molecule has 1 aliphatic rings. The van der Waals surface area contributed by atoms with Gasteiger partial charge < -0.3 is 14.8 Å². The number of nitrogens with one attached hydrogen (secondary N) is 1. The van der Waals surface area contributed by atoms with E-state index in [0.717, 1.165) is 9.22 Å². The molecule has 0 atom stereocenters. The lowest BCUT2D eigenvalue weighted by atomic mass is 10.2. The minimum Gasteiger partial charge on any atom is -0.486 e. The Kier molecular flexibility index (Phi) is 5.94. The van der Waals surface area contributed by atoms with E-state index in [1.54, 1.807) is 18.2 Å². The molecule has 3 aromatic rings. The fraction of sp³-hybridized carbons (Fsp3) is 0.211. The lowest BCUT2D eigenvalue weighted by molar-refractivity contribution is -0.115. The fourth-order valence-electron chi connectivity index (χ4n) is 2.56. The molecule has 9 heteroatoms. The van der Waals surface area contributed by atoms with Crippen molar-refractivity contribution in [2.75, 3.05) is 24.3 Å². The number of thiazole rings is 1. The molecule has 6 nitrogen and oxygen atoms in total. The maximum atomic E-state index is 12.3. The van der Waals surface area contributed by atoms with Gasteiger partial charge in [0.15, 0.2) is 21.6 Å². The number of benzene rings is 1. The summed E-state index contributed by atoms with van der Waals surface area (Å²) in [4.78, 5) is 29.6. The van der Waals surface area contributed by atoms with E-state index < -0.39 is 0 Å². The topological polar surface area (TPSA) is 77.5 Å². The van der Waals surface area contributed by atoms with Gasteiger partial charge in [-0.2, -0.15) is 0 Å². The molecule has 0 radical (unpaired) electrons. The van der Waals surface area contributed by atoms with Crippen LogP contribution in [0.1, 0.15) is 15.4 Å². The van der Waals surface area contributed by atoms with Crippen LogP contribution in [0.4, 0.5) is 5.69 Å². The first kappa shape index (κ1) is 19.0. The zero-order chi connectivity index (χ0) is 19.3. The van der Waals surface area contributed by atoms with E-state index in [9.17, 15) is 9.59 Å². The Morgan fingerprint density at radius 2 is 2.00 bits per heavy atom. The Balaban J connectivity index is 1.30. The highest BCUT2D eigenvalue weighted by atomic mass is 32.2. The summed E-state index contributed by atoms with van der Waals surface area (Å²) in [6.45, 7) is 1.03. The van der Waals surface area contributed by atoms with Crippen molar-refractivity contribution in [3.63, 3.8) is 0 Å². The number of carbonyl (C=O) groups excluding carboxylic acids is 2. The van der Waals surface area contributed by atoms with Crippen molar-refractivity contribution >= 4 is 51.8 Å². The molecule has 0 fully saturated rings. The highest BCUT2D eigenvalue weighted by Crippen LogP contribution is 2.32. The Morgan fingerprint density at radius 1 is 1.14 bits per heavy atom. The van der Waals surface area contributed by atoms with Crippen LogP contribution in [0.5, 0.6) is 11.5 Å². The van der Waals surface area contributed by atoms with Gasteiger partial charge in [-0.25, -0.2) is 4.98 Å². The number of nitrogens with zero attached hydrogens (tertiary/aromatic N) is 1. The van der Waals surface area contributed by atoms with Gasteiger partial charge in [-0.15, -0.1) is 22.7 Å². The van der Waals surface area contributed by atoms with Crippen molar-refractivity contribution in [1.29, 1.82) is 0 Å². The van der Waals surface area contributed by atoms with Crippen molar-refractivity contribution in [3.05, 3.63) is 51.7 Å². The van der Waals surface area contributed by atoms with Gasteiger partial charge in [0.1, 0.15) is 13.2 Å². The quantitative estimate of drug-likeness (QED) is 0.447. The summed E-state index contributed by atoms with van der Waals surface area (Å²) in [5, 5.41) is 6.59. The maximum Gasteiger partial charge on any atom is 0.230 e. The summed E-state index contributed by atoms with van der Waals surface area (Å²) in [6.07, 6.45) is 0.171.